The summed E-state index contributed by atoms with van der Waals surface area (Å²) >= 11 is 0. The Bertz CT molecular complexity index is 967. The SMILES string of the molecule is C=C/C=C\C(=C/C)S(=O)(=O)Nc1ccc2c(ccc(=O)n2C)c1. The van der Waals surface area contributed by atoms with Crippen molar-refractivity contribution < 1.29 is 8.42 Å². The topological polar surface area (TPSA) is 68.2 Å². The van der Waals surface area contributed by atoms with Crippen LogP contribution in [0.3, 0.4) is 0 Å². The van der Waals surface area contributed by atoms with E-state index in [1.54, 1.807) is 44.3 Å². The first-order valence-electron chi connectivity index (χ1n) is 6.97. The molecule has 5 nitrogen and oxygen atoms in total. The van der Waals surface area contributed by atoms with Gasteiger partial charge in [0.2, 0.25) is 0 Å². The lowest BCUT2D eigenvalue weighted by Crippen LogP contribution is -2.16. The van der Waals surface area contributed by atoms with Gasteiger partial charge in [-0.3, -0.25) is 9.52 Å². The van der Waals surface area contributed by atoms with E-state index in [4.69, 9.17) is 0 Å². The van der Waals surface area contributed by atoms with Gasteiger partial charge in [-0.2, -0.15) is 0 Å². The number of hydrogen-bond donors (Lipinski definition) is 1. The first-order chi connectivity index (χ1) is 10.9. The fourth-order valence-electron chi connectivity index (χ4n) is 2.17. The molecule has 0 atom stereocenters. The van der Waals surface area contributed by atoms with Gasteiger partial charge in [0, 0.05) is 24.2 Å². The number of pyridine rings is 1. The number of sulfonamides is 1. The molecule has 0 spiro atoms. The zero-order valence-corrected chi connectivity index (χ0v) is 13.8. The van der Waals surface area contributed by atoms with Crippen molar-refractivity contribution in [3.05, 3.63) is 76.5 Å². The normalized spacial score (nSPS) is 12.7. The van der Waals surface area contributed by atoms with Gasteiger partial charge in [0.1, 0.15) is 0 Å². The molecule has 0 fully saturated rings. The van der Waals surface area contributed by atoms with E-state index in [0.717, 1.165) is 10.9 Å². The van der Waals surface area contributed by atoms with Crippen LogP contribution in [0.5, 0.6) is 0 Å². The molecule has 0 saturated heterocycles. The van der Waals surface area contributed by atoms with Gasteiger partial charge in [-0.25, -0.2) is 8.42 Å². The monoisotopic (exact) mass is 330 g/mol. The van der Waals surface area contributed by atoms with Crippen molar-refractivity contribution in [2.24, 2.45) is 7.05 Å². The maximum absolute atomic E-state index is 12.4. The van der Waals surface area contributed by atoms with E-state index in [-0.39, 0.29) is 10.5 Å². The molecule has 1 N–H and O–H groups in total. The van der Waals surface area contributed by atoms with E-state index in [1.807, 2.05) is 0 Å². The average molecular weight is 330 g/mol. The summed E-state index contributed by atoms with van der Waals surface area (Å²) in [6.07, 6.45) is 6.05. The number of anilines is 1. The first kappa shape index (κ1) is 16.8. The van der Waals surface area contributed by atoms with Crippen LogP contribution in [-0.2, 0) is 17.1 Å². The van der Waals surface area contributed by atoms with E-state index < -0.39 is 10.0 Å². The van der Waals surface area contributed by atoms with E-state index in [1.165, 1.54) is 28.9 Å². The van der Waals surface area contributed by atoms with Crippen LogP contribution in [0, 0.1) is 0 Å². The van der Waals surface area contributed by atoms with Crippen molar-refractivity contribution in [3.63, 3.8) is 0 Å². The Morgan fingerprint density at radius 1 is 1.26 bits per heavy atom. The Morgan fingerprint density at radius 2 is 2.00 bits per heavy atom. The van der Waals surface area contributed by atoms with E-state index >= 15 is 0 Å². The lowest BCUT2D eigenvalue weighted by atomic mass is 10.2. The molecule has 2 rings (SSSR count). The summed E-state index contributed by atoms with van der Waals surface area (Å²) in [5.74, 6) is 0. The lowest BCUT2D eigenvalue weighted by Gasteiger charge is -2.10. The van der Waals surface area contributed by atoms with Gasteiger partial charge in [0.25, 0.3) is 15.6 Å². The highest BCUT2D eigenvalue weighted by atomic mass is 32.2. The molecule has 23 heavy (non-hydrogen) atoms. The highest BCUT2D eigenvalue weighted by Crippen LogP contribution is 2.20. The predicted molar refractivity (Wildman–Crippen MR) is 94.8 cm³/mol. The van der Waals surface area contributed by atoms with Gasteiger partial charge in [0.05, 0.1) is 10.4 Å². The molecule has 0 bridgehead atoms. The summed E-state index contributed by atoms with van der Waals surface area (Å²) in [5.41, 5.74) is 1.05. The van der Waals surface area contributed by atoms with Crippen molar-refractivity contribution in [3.8, 4) is 0 Å². The second-order valence-electron chi connectivity index (χ2n) is 4.90. The molecule has 0 saturated carbocycles. The predicted octanol–water partition coefficient (Wildman–Crippen LogP) is 2.93. The first-order valence-corrected chi connectivity index (χ1v) is 8.45. The minimum atomic E-state index is -3.68. The van der Waals surface area contributed by atoms with Crippen LogP contribution in [0.1, 0.15) is 6.92 Å². The maximum Gasteiger partial charge on any atom is 0.261 e. The highest BCUT2D eigenvalue weighted by molar-refractivity contribution is 7.96. The van der Waals surface area contributed by atoms with Crippen molar-refractivity contribution >= 4 is 26.6 Å². The molecule has 0 aliphatic carbocycles. The zero-order chi connectivity index (χ0) is 17.0. The molecule has 120 valence electrons. The fourth-order valence-corrected chi connectivity index (χ4v) is 3.29. The fraction of sp³-hybridized carbons (Fsp3) is 0.118. The minimum Gasteiger partial charge on any atom is -0.311 e. The third-order valence-corrected chi connectivity index (χ3v) is 4.87. The van der Waals surface area contributed by atoms with Crippen LogP contribution in [0.4, 0.5) is 5.69 Å². The quantitative estimate of drug-likeness (QED) is 0.857. The van der Waals surface area contributed by atoms with Crippen molar-refractivity contribution in [2.75, 3.05) is 4.72 Å². The molecule has 1 aromatic heterocycles. The molecule has 0 amide bonds. The van der Waals surface area contributed by atoms with Crippen LogP contribution >= 0.6 is 0 Å². The zero-order valence-electron chi connectivity index (χ0n) is 13.0. The number of aromatic nitrogens is 1. The van der Waals surface area contributed by atoms with Crippen LogP contribution in [0.25, 0.3) is 10.9 Å². The molecule has 0 aliphatic rings. The van der Waals surface area contributed by atoms with Crippen LogP contribution in [-0.4, -0.2) is 13.0 Å². The van der Waals surface area contributed by atoms with E-state index in [2.05, 4.69) is 11.3 Å². The Hall–Kier alpha value is -2.60. The molecule has 1 heterocycles. The number of nitrogens with one attached hydrogen (secondary N) is 1. The molecular weight excluding hydrogens is 312 g/mol. The third-order valence-electron chi connectivity index (χ3n) is 3.37. The second-order valence-corrected chi connectivity index (χ2v) is 6.58. The van der Waals surface area contributed by atoms with Gasteiger partial charge in [-0.1, -0.05) is 24.8 Å². The number of rotatable bonds is 5. The number of hydrogen-bond acceptors (Lipinski definition) is 3. The van der Waals surface area contributed by atoms with Crippen molar-refractivity contribution in [1.82, 2.24) is 4.57 Å². The Kier molecular flexibility index (Phi) is 4.86. The van der Waals surface area contributed by atoms with Gasteiger partial charge >= 0.3 is 0 Å². The van der Waals surface area contributed by atoms with Crippen LogP contribution in [0.2, 0.25) is 0 Å². The standard InChI is InChI=1S/C17H18N2O3S/c1-4-6-7-15(5-2)23(21,22)18-14-9-10-16-13(12-14)8-11-17(20)19(16)3/h4-12,18H,1H2,2-3H3/b7-6-,15-5+. The van der Waals surface area contributed by atoms with Gasteiger partial charge in [-0.15, -0.1) is 0 Å². The number of aryl methyl sites for hydroxylation is 1. The number of fused-ring (bicyclic) bond motifs is 1. The summed E-state index contributed by atoms with van der Waals surface area (Å²) in [7, 11) is -2.00. The van der Waals surface area contributed by atoms with E-state index in [0.29, 0.717) is 5.69 Å². The van der Waals surface area contributed by atoms with E-state index in [9.17, 15) is 13.2 Å². The largest absolute Gasteiger partial charge is 0.311 e. The second kappa shape index (κ2) is 6.66. The molecule has 0 radical (unpaired) electrons. The Balaban J connectivity index is 2.42. The van der Waals surface area contributed by atoms with Crippen LogP contribution in [0.15, 0.2) is 70.9 Å². The summed E-state index contributed by atoms with van der Waals surface area (Å²) in [4.78, 5) is 11.8. The number of nitrogens with zero attached hydrogens (tertiary/aromatic N) is 1. The average Bonchev–Trinajstić information content (AvgIpc) is 2.51. The highest BCUT2D eigenvalue weighted by Gasteiger charge is 2.14. The van der Waals surface area contributed by atoms with Crippen molar-refractivity contribution in [2.45, 2.75) is 6.92 Å². The summed E-state index contributed by atoms with van der Waals surface area (Å²) < 4.78 is 28.8. The lowest BCUT2D eigenvalue weighted by molar-refractivity contribution is 0.607. The molecule has 0 aliphatic heterocycles. The van der Waals surface area contributed by atoms with Crippen molar-refractivity contribution in [1.29, 1.82) is 0 Å². The Labute approximate surface area is 135 Å². The summed E-state index contributed by atoms with van der Waals surface area (Å²) in [6.45, 7) is 5.18. The maximum atomic E-state index is 12.4. The number of benzene rings is 1. The minimum absolute atomic E-state index is 0.114. The Morgan fingerprint density at radius 3 is 2.65 bits per heavy atom. The van der Waals surface area contributed by atoms with Gasteiger partial charge in [0.15, 0.2) is 0 Å². The summed E-state index contributed by atoms with van der Waals surface area (Å²) in [6, 6.07) is 8.15. The van der Waals surface area contributed by atoms with Crippen LogP contribution < -0.4 is 10.3 Å². The molecular formula is C17H18N2O3S. The molecule has 2 aromatic rings. The van der Waals surface area contributed by atoms with Gasteiger partial charge < -0.3 is 4.57 Å². The molecule has 6 heteroatoms. The molecule has 0 unspecified atom stereocenters. The summed E-state index contributed by atoms with van der Waals surface area (Å²) in [5, 5.41) is 0.774. The third kappa shape index (κ3) is 3.60. The van der Waals surface area contributed by atoms with Gasteiger partial charge in [-0.05, 0) is 37.3 Å². The smallest absolute Gasteiger partial charge is 0.261 e. The number of allylic oxidation sites excluding steroid dienone is 4. The molecule has 1 aromatic carbocycles.